The van der Waals surface area contributed by atoms with Crippen molar-refractivity contribution in [3.8, 4) is 0 Å². The number of hydrogen-bond acceptors (Lipinski definition) is 5. The Morgan fingerprint density at radius 1 is 1.23 bits per heavy atom. The van der Waals surface area contributed by atoms with Gasteiger partial charge in [-0.05, 0) is 51.0 Å². The molecule has 0 radical (unpaired) electrons. The van der Waals surface area contributed by atoms with E-state index >= 15 is 0 Å². The van der Waals surface area contributed by atoms with Crippen LogP contribution in [0.4, 0.5) is 11.4 Å². The van der Waals surface area contributed by atoms with Gasteiger partial charge in [-0.25, -0.2) is 0 Å². The average Bonchev–Trinajstić information content (AvgIpc) is 3.28. The highest BCUT2D eigenvalue weighted by Gasteiger charge is 2.18. The van der Waals surface area contributed by atoms with E-state index in [1.54, 1.807) is 6.20 Å². The number of carbonyl (C=O) groups is 1. The van der Waals surface area contributed by atoms with Crippen molar-refractivity contribution in [3.05, 3.63) is 47.5 Å². The Morgan fingerprint density at radius 3 is 2.77 bits per heavy atom. The zero-order valence-corrected chi connectivity index (χ0v) is 15.1. The van der Waals surface area contributed by atoms with E-state index in [0.29, 0.717) is 5.76 Å². The largest absolute Gasteiger partial charge is 0.370 e. The minimum Gasteiger partial charge on any atom is -0.370 e. The highest BCUT2D eigenvalue weighted by Crippen LogP contribution is 2.32. The number of fused-ring (bicyclic) bond motifs is 1. The fourth-order valence-electron chi connectivity index (χ4n) is 3.59. The van der Waals surface area contributed by atoms with E-state index in [4.69, 9.17) is 4.52 Å². The van der Waals surface area contributed by atoms with Gasteiger partial charge in [0.1, 0.15) is 5.76 Å². The normalized spacial score (nSPS) is 14.2. The molecule has 6 nitrogen and oxygen atoms in total. The zero-order valence-electron chi connectivity index (χ0n) is 15.1. The molecule has 0 unspecified atom stereocenters. The van der Waals surface area contributed by atoms with Crippen molar-refractivity contribution >= 4 is 28.2 Å². The quantitative estimate of drug-likeness (QED) is 0.778. The Labute approximate surface area is 152 Å². The van der Waals surface area contributed by atoms with E-state index in [0.717, 1.165) is 46.6 Å². The van der Waals surface area contributed by atoms with Crippen LogP contribution in [-0.4, -0.2) is 29.1 Å². The van der Waals surface area contributed by atoms with E-state index in [2.05, 4.69) is 26.4 Å². The minimum absolute atomic E-state index is 0.0847. The second-order valence-electron chi connectivity index (χ2n) is 6.75. The molecule has 2 aromatic heterocycles. The molecule has 3 heterocycles. The fraction of sp³-hybridized carbons (Fsp3) is 0.350. The average molecular weight is 350 g/mol. The summed E-state index contributed by atoms with van der Waals surface area (Å²) in [6, 6.07) is 7.95. The highest BCUT2D eigenvalue weighted by atomic mass is 16.5. The molecule has 0 atom stereocenters. The molecule has 6 heteroatoms. The van der Waals surface area contributed by atoms with Crippen LogP contribution in [0.2, 0.25) is 0 Å². The lowest BCUT2D eigenvalue weighted by Gasteiger charge is -2.20. The summed E-state index contributed by atoms with van der Waals surface area (Å²) in [4.78, 5) is 19.5. The maximum Gasteiger partial charge on any atom is 0.229 e. The SMILES string of the molecule is Cc1noc(C)c1CC(=O)Nc1ccc(N2CCCC2)c2ncccc12. The van der Waals surface area contributed by atoms with Crippen molar-refractivity contribution in [1.29, 1.82) is 0 Å². The molecule has 0 aliphatic carbocycles. The van der Waals surface area contributed by atoms with Gasteiger partial charge in [-0.1, -0.05) is 5.16 Å². The van der Waals surface area contributed by atoms with E-state index in [1.165, 1.54) is 12.8 Å². The molecular formula is C20H22N4O2. The molecule has 1 amide bonds. The first-order chi connectivity index (χ1) is 12.6. The molecule has 1 N–H and O–H groups in total. The van der Waals surface area contributed by atoms with Crippen molar-refractivity contribution in [3.63, 3.8) is 0 Å². The summed E-state index contributed by atoms with van der Waals surface area (Å²) < 4.78 is 5.14. The predicted molar refractivity (Wildman–Crippen MR) is 102 cm³/mol. The molecule has 3 aromatic rings. The van der Waals surface area contributed by atoms with Gasteiger partial charge in [0.2, 0.25) is 5.91 Å². The maximum atomic E-state index is 12.6. The summed E-state index contributed by atoms with van der Waals surface area (Å²) in [5.74, 6) is 0.604. The summed E-state index contributed by atoms with van der Waals surface area (Å²) in [6.45, 7) is 5.79. The fourth-order valence-corrected chi connectivity index (χ4v) is 3.59. The summed E-state index contributed by atoms with van der Waals surface area (Å²) in [5, 5.41) is 7.90. The van der Waals surface area contributed by atoms with Crippen LogP contribution in [0.3, 0.4) is 0 Å². The Balaban J connectivity index is 1.63. The molecule has 0 saturated carbocycles. The molecular weight excluding hydrogens is 328 g/mol. The van der Waals surface area contributed by atoms with Crippen LogP contribution in [0.1, 0.15) is 29.9 Å². The maximum absolute atomic E-state index is 12.6. The number of rotatable bonds is 4. The lowest BCUT2D eigenvalue weighted by molar-refractivity contribution is -0.115. The van der Waals surface area contributed by atoms with Crippen LogP contribution in [-0.2, 0) is 11.2 Å². The van der Waals surface area contributed by atoms with E-state index in [1.807, 2.05) is 32.0 Å². The molecule has 26 heavy (non-hydrogen) atoms. The third kappa shape index (κ3) is 3.03. The second kappa shape index (κ2) is 6.78. The Hall–Kier alpha value is -2.89. The summed E-state index contributed by atoms with van der Waals surface area (Å²) in [5.41, 5.74) is 4.46. The first-order valence-corrected chi connectivity index (χ1v) is 8.98. The van der Waals surface area contributed by atoms with Gasteiger partial charge in [0.15, 0.2) is 0 Å². The number of nitrogens with one attached hydrogen (secondary N) is 1. The molecule has 1 aliphatic heterocycles. The molecule has 4 rings (SSSR count). The number of nitrogens with zero attached hydrogens (tertiary/aromatic N) is 3. The van der Waals surface area contributed by atoms with Crippen molar-refractivity contribution in [1.82, 2.24) is 10.1 Å². The van der Waals surface area contributed by atoms with Crippen LogP contribution in [0.5, 0.6) is 0 Å². The van der Waals surface area contributed by atoms with Gasteiger partial charge in [-0.15, -0.1) is 0 Å². The zero-order chi connectivity index (χ0) is 18.1. The summed E-state index contributed by atoms with van der Waals surface area (Å²) >= 11 is 0. The third-order valence-electron chi connectivity index (χ3n) is 4.99. The Morgan fingerprint density at radius 2 is 2.04 bits per heavy atom. The Kier molecular flexibility index (Phi) is 4.32. The van der Waals surface area contributed by atoms with Crippen LogP contribution in [0.15, 0.2) is 35.0 Å². The molecule has 0 bridgehead atoms. The lowest BCUT2D eigenvalue weighted by Crippen LogP contribution is -2.19. The van der Waals surface area contributed by atoms with Gasteiger partial charge in [-0.3, -0.25) is 9.78 Å². The smallest absolute Gasteiger partial charge is 0.229 e. The Bertz CT molecular complexity index is 938. The standard InChI is InChI=1S/C20H22N4O2/c1-13-16(14(2)26-23-13)12-19(25)22-17-7-8-18(24-10-3-4-11-24)20-15(17)6-5-9-21-20/h5-9H,3-4,10-12H2,1-2H3,(H,22,25). The van der Waals surface area contributed by atoms with Crippen molar-refractivity contribution in [2.45, 2.75) is 33.1 Å². The van der Waals surface area contributed by atoms with E-state index in [-0.39, 0.29) is 12.3 Å². The number of pyridine rings is 1. The van der Waals surface area contributed by atoms with E-state index < -0.39 is 0 Å². The number of aryl methyl sites for hydroxylation is 2. The van der Waals surface area contributed by atoms with Gasteiger partial charge in [0, 0.05) is 30.2 Å². The van der Waals surface area contributed by atoms with Gasteiger partial charge >= 0.3 is 0 Å². The monoisotopic (exact) mass is 350 g/mol. The minimum atomic E-state index is -0.0847. The summed E-state index contributed by atoms with van der Waals surface area (Å²) in [7, 11) is 0. The number of carbonyl (C=O) groups excluding carboxylic acids is 1. The third-order valence-corrected chi connectivity index (χ3v) is 4.99. The molecule has 1 fully saturated rings. The van der Waals surface area contributed by atoms with Gasteiger partial charge in [0.05, 0.1) is 29.0 Å². The number of aromatic nitrogens is 2. The molecule has 1 aromatic carbocycles. The van der Waals surface area contributed by atoms with Crippen molar-refractivity contribution in [2.24, 2.45) is 0 Å². The first kappa shape index (κ1) is 16.6. The number of amides is 1. The number of benzene rings is 1. The van der Waals surface area contributed by atoms with Gasteiger partial charge in [-0.2, -0.15) is 0 Å². The van der Waals surface area contributed by atoms with Crippen LogP contribution < -0.4 is 10.2 Å². The molecule has 1 aliphatic rings. The first-order valence-electron chi connectivity index (χ1n) is 8.98. The second-order valence-corrected chi connectivity index (χ2v) is 6.75. The number of anilines is 2. The molecule has 1 saturated heterocycles. The lowest BCUT2D eigenvalue weighted by atomic mass is 10.1. The summed E-state index contributed by atoms with van der Waals surface area (Å²) in [6.07, 6.45) is 4.47. The topological polar surface area (TPSA) is 71.3 Å². The van der Waals surface area contributed by atoms with Crippen LogP contribution in [0, 0.1) is 13.8 Å². The molecule has 134 valence electrons. The molecule has 0 spiro atoms. The predicted octanol–water partition coefficient (Wildman–Crippen LogP) is 3.62. The van der Waals surface area contributed by atoms with E-state index in [9.17, 15) is 4.79 Å². The number of hydrogen-bond donors (Lipinski definition) is 1. The van der Waals surface area contributed by atoms with Crippen molar-refractivity contribution in [2.75, 3.05) is 23.3 Å². The highest BCUT2D eigenvalue weighted by molar-refractivity contribution is 6.05. The van der Waals surface area contributed by atoms with Crippen LogP contribution in [0.25, 0.3) is 10.9 Å². The van der Waals surface area contributed by atoms with Crippen LogP contribution >= 0.6 is 0 Å². The van der Waals surface area contributed by atoms with Gasteiger partial charge in [0.25, 0.3) is 0 Å². The van der Waals surface area contributed by atoms with Gasteiger partial charge < -0.3 is 14.7 Å². The van der Waals surface area contributed by atoms with Crippen molar-refractivity contribution < 1.29 is 9.32 Å².